The Kier molecular flexibility index (Phi) is 5.31. The minimum atomic E-state index is -1.10. The molecule has 4 rings (SSSR count). The van der Waals surface area contributed by atoms with E-state index < -0.39 is 47.9 Å². The molecule has 1 unspecified atom stereocenters. The molecule has 30 heavy (non-hydrogen) atoms. The topological polar surface area (TPSA) is 109 Å². The minimum Gasteiger partial charge on any atom is -0.426 e. The highest BCUT2D eigenvalue weighted by atomic mass is 19.1. The molecule has 0 saturated carbocycles. The van der Waals surface area contributed by atoms with Gasteiger partial charge in [0.25, 0.3) is 5.56 Å². The summed E-state index contributed by atoms with van der Waals surface area (Å²) < 4.78 is 37.6. The second-order valence-electron chi connectivity index (χ2n) is 7.55. The van der Waals surface area contributed by atoms with Gasteiger partial charge in [-0.05, 0) is 19.1 Å². The summed E-state index contributed by atoms with van der Waals surface area (Å²) >= 11 is 0. The van der Waals surface area contributed by atoms with E-state index in [2.05, 4.69) is 0 Å². The molecule has 9 nitrogen and oxygen atoms in total. The quantitative estimate of drug-likeness (QED) is 0.592. The van der Waals surface area contributed by atoms with Crippen molar-refractivity contribution in [2.24, 2.45) is 5.92 Å². The Hall–Kier alpha value is -2.82. The number of nitrogens with one attached hydrogen (secondary N) is 1. The zero-order chi connectivity index (χ0) is 21.6. The van der Waals surface area contributed by atoms with Gasteiger partial charge in [-0.2, -0.15) is 4.39 Å². The number of fused-ring (bicyclic) bond motifs is 1. The molecule has 0 aliphatic carbocycles. The van der Waals surface area contributed by atoms with Crippen LogP contribution < -0.4 is 16.0 Å². The molecule has 2 aromatic rings. The average molecular weight is 420 g/mol. The van der Waals surface area contributed by atoms with E-state index in [0.29, 0.717) is 11.3 Å². The molecule has 10 heteroatoms. The van der Waals surface area contributed by atoms with Crippen molar-refractivity contribution in [1.82, 2.24) is 9.55 Å². The predicted octanol–water partition coefficient (Wildman–Crippen LogP) is 1.64. The molecule has 2 fully saturated rings. The molecule has 160 valence electrons. The maximum absolute atomic E-state index is 13.7. The number of H-pyrrole nitrogens is 1. The summed E-state index contributed by atoms with van der Waals surface area (Å²) in [6.45, 7) is 5.24. The number of hydrogen-bond donors (Lipinski definition) is 1. The standard InChI is InChI=1S/C20H21FN2O7/c1-9(2)18(25)28-12-6-4-11(5-7-12)19-29-14-10(3)27-17(15(14)30-19)23-8-13(21)16(24)22-20(23)26/h4-10,14-15,17,19H,1-3H3,(H,22,24,26)/t10-,14-,15-,17-,19?/m1/s1. The van der Waals surface area contributed by atoms with Crippen LogP contribution in [0.3, 0.4) is 0 Å². The Morgan fingerprint density at radius 2 is 1.80 bits per heavy atom. The van der Waals surface area contributed by atoms with E-state index in [-0.39, 0.29) is 11.9 Å². The zero-order valence-electron chi connectivity index (χ0n) is 16.5. The molecule has 0 radical (unpaired) electrons. The molecule has 0 bridgehead atoms. The highest BCUT2D eigenvalue weighted by Crippen LogP contribution is 2.43. The van der Waals surface area contributed by atoms with Gasteiger partial charge >= 0.3 is 11.7 Å². The fourth-order valence-electron chi connectivity index (χ4n) is 3.41. The van der Waals surface area contributed by atoms with Crippen LogP contribution in [-0.2, 0) is 19.0 Å². The third-order valence-electron chi connectivity index (χ3n) is 5.02. The molecule has 2 aliphatic rings. The number of halogens is 1. The molecular weight excluding hydrogens is 399 g/mol. The maximum Gasteiger partial charge on any atom is 0.330 e. The van der Waals surface area contributed by atoms with E-state index in [1.165, 1.54) is 0 Å². The fraction of sp³-hybridized carbons (Fsp3) is 0.450. The van der Waals surface area contributed by atoms with Crippen LogP contribution in [0.1, 0.15) is 38.9 Å². The number of ether oxygens (including phenoxy) is 4. The molecular formula is C20H21FN2O7. The molecule has 0 amide bonds. The van der Waals surface area contributed by atoms with Gasteiger partial charge in [-0.25, -0.2) is 4.79 Å². The van der Waals surface area contributed by atoms with Crippen LogP contribution in [-0.4, -0.2) is 33.8 Å². The number of carbonyl (C=O) groups excluding carboxylic acids is 1. The van der Waals surface area contributed by atoms with Crippen LogP contribution in [0.15, 0.2) is 40.1 Å². The Labute approximate surface area is 170 Å². The van der Waals surface area contributed by atoms with Gasteiger partial charge in [-0.15, -0.1) is 0 Å². The van der Waals surface area contributed by atoms with Gasteiger partial charge in [0.15, 0.2) is 12.5 Å². The second kappa shape index (κ2) is 7.78. The smallest absolute Gasteiger partial charge is 0.330 e. The maximum atomic E-state index is 13.7. The van der Waals surface area contributed by atoms with Crippen molar-refractivity contribution < 1.29 is 28.1 Å². The lowest BCUT2D eigenvalue weighted by Gasteiger charge is -2.20. The highest BCUT2D eigenvalue weighted by molar-refractivity contribution is 5.74. The molecule has 2 aliphatic heterocycles. The number of hydrogen-bond acceptors (Lipinski definition) is 7. The van der Waals surface area contributed by atoms with Crippen LogP contribution in [0, 0.1) is 11.7 Å². The van der Waals surface area contributed by atoms with Gasteiger partial charge in [-0.3, -0.25) is 19.1 Å². The first-order chi connectivity index (χ1) is 14.2. The Morgan fingerprint density at radius 1 is 1.13 bits per heavy atom. The number of nitrogens with zero attached hydrogens (tertiary/aromatic N) is 1. The summed E-state index contributed by atoms with van der Waals surface area (Å²) in [4.78, 5) is 37.0. The van der Waals surface area contributed by atoms with Crippen molar-refractivity contribution in [3.63, 3.8) is 0 Å². The first-order valence-electron chi connectivity index (χ1n) is 9.53. The van der Waals surface area contributed by atoms with Gasteiger partial charge in [0.05, 0.1) is 18.2 Å². The Bertz CT molecular complexity index is 1060. The van der Waals surface area contributed by atoms with Crippen molar-refractivity contribution in [3.8, 4) is 5.75 Å². The van der Waals surface area contributed by atoms with Crippen molar-refractivity contribution in [2.45, 2.75) is 51.6 Å². The SMILES string of the molecule is CC(C)C(=O)Oc1ccc(C2O[C@@H]3[C@H](O2)[C@@H](C)O[C@H]3n2cc(F)c(=O)[nH]c2=O)cc1. The van der Waals surface area contributed by atoms with Gasteiger partial charge in [0.2, 0.25) is 5.82 Å². The number of aromatic nitrogens is 2. The van der Waals surface area contributed by atoms with E-state index in [4.69, 9.17) is 18.9 Å². The number of aromatic amines is 1. The lowest BCUT2D eigenvalue weighted by molar-refractivity contribution is -0.145. The molecule has 1 aromatic heterocycles. The van der Waals surface area contributed by atoms with Crippen molar-refractivity contribution in [1.29, 1.82) is 0 Å². The lowest BCUT2D eigenvalue weighted by atomic mass is 10.1. The first kappa shape index (κ1) is 20.5. The summed E-state index contributed by atoms with van der Waals surface area (Å²) in [5.41, 5.74) is -1.22. The first-order valence-corrected chi connectivity index (χ1v) is 9.53. The number of rotatable bonds is 4. The molecule has 5 atom stereocenters. The molecule has 2 saturated heterocycles. The number of carbonyl (C=O) groups is 1. The summed E-state index contributed by atoms with van der Waals surface area (Å²) in [6, 6.07) is 6.69. The van der Waals surface area contributed by atoms with Crippen LogP contribution in [0.25, 0.3) is 0 Å². The van der Waals surface area contributed by atoms with E-state index in [1.54, 1.807) is 45.0 Å². The summed E-state index contributed by atoms with van der Waals surface area (Å²) in [7, 11) is 0. The molecule has 1 aromatic carbocycles. The van der Waals surface area contributed by atoms with Crippen molar-refractivity contribution in [2.75, 3.05) is 0 Å². The van der Waals surface area contributed by atoms with Crippen molar-refractivity contribution >= 4 is 5.97 Å². The van der Waals surface area contributed by atoms with Gasteiger partial charge in [0, 0.05) is 5.56 Å². The molecule has 1 N–H and O–H groups in total. The van der Waals surface area contributed by atoms with Crippen LogP contribution >= 0.6 is 0 Å². The van der Waals surface area contributed by atoms with E-state index >= 15 is 0 Å². The van der Waals surface area contributed by atoms with Crippen LogP contribution in [0.5, 0.6) is 5.75 Å². The average Bonchev–Trinajstić information content (AvgIpc) is 3.26. The van der Waals surface area contributed by atoms with Crippen LogP contribution in [0.2, 0.25) is 0 Å². The third-order valence-corrected chi connectivity index (χ3v) is 5.02. The normalized spacial score (nSPS) is 28.0. The van der Waals surface area contributed by atoms with E-state index in [1.807, 2.05) is 4.98 Å². The summed E-state index contributed by atoms with van der Waals surface area (Å²) in [5, 5.41) is 0. The Morgan fingerprint density at radius 3 is 2.47 bits per heavy atom. The number of esters is 1. The number of benzene rings is 1. The minimum absolute atomic E-state index is 0.245. The summed E-state index contributed by atoms with van der Waals surface area (Å²) in [6.07, 6.45) is -2.52. The second-order valence-corrected chi connectivity index (χ2v) is 7.55. The third kappa shape index (κ3) is 3.69. The van der Waals surface area contributed by atoms with Gasteiger partial charge in [0.1, 0.15) is 18.0 Å². The van der Waals surface area contributed by atoms with Crippen molar-refractivity contribution in [3.05, 3.63) is 62.7 Å². The zero-order valence-corrected chi connectivity index (χ0v) is 16.5. The lowest BCUT2D eigenvalue weighted by Crippen LogP contribution is -2.38. The highest BCUT2D eigenvalue weighted by Gasteiger charge is 2.52. The van der Waals surface area contributed by atoms with Gasteiger partial charge in [-0.1, -0.05) is 26.0 Å². The summed E-state index contributed by atoms with van der Waals surface area (Å²) in [5.74, 6) is -1.28. The molecule has 0 spiro atoms. The van der Waals surface area contributed by atoms with E-state index in [0.717, 1.165) is 10.8 Å². The largest absolute Gasteiger partial charge is 0.426 e. The molecule has 3 heterocycles. The monoisotopic (exact) mass is 420 g/mol. The predicted molar refractivity (Wildman–Crippen MR) is 100 cm³/mol. The van der Waals surface area contributed by atoms with Crippen LogP contribution in [0.4, 0.5) is 4.39 Å². The Balaban J connectivity index is 1.53. The van der Waals surface area contributed by atoms with E-state index in [9.17, 15) is 18.8 Å². The van der Waals surface area contributed by atoms with Gasteiger partial charge < -0.3 is 18.9 Å². The fourth-order valence-corrected chi connectivity index (χ4v) is 3.41.